The maximum absolute atomic E-state index is 9.53. The molecule has 0 aliphatic rings. The third kappa shape index (κ3) is 2.25. The number of benzene rings is 1. The first-order valence-electron chi connectivity index (χ1n) is 4.77. The van der Waals surface area contributed by atoms with Crippen LogP contribution in [-0.4, -0.2) is 16.8 Å². The Hall–Kier alpha value is -1.06. The van der Waals surface area contributed by atoms with Gasteiger partial charge >= 0.3 is 0 Å². The van der Waals surface area contributed by atoms with E-state index in [2.05, 4.69) is 13.8 Å². The molecule has 0 aliphatic heterocycles. The van der Waals surface area contributed by atoms with Crippen LogP contribution in [0.15, 0.2) is 18.2 Å². The number of phenols is 1. The average molecular weight is 195 g/mol. The molecule has 14 heavy (non-hydrogen) atoms. The summed E-state index contributed by atoms with van der Waals surface area (Å²) in [5.74, 6) is 0.478. The summed E-state index contributed by atoms with van der Waals surface area (Å²) >= 11 is 0. The SMILES string of the molecule is CC(C)c1ccc(O)c(C(O)CN)c1. The van der Waals surface area contributed by atoms with Crippen LogP contribution in [0.2, 0.25) is 0 Å². The highest BCUT2D eigenvalue weighted by atomic mass is 16.3. The van der Waals surface area contributed by atoms with Crippen molar-refractivity contribution in [2.75, 3.05) is 6.54 Å². The zero-order valence-electron chi connectivity index (χ0n) is 8.57. The van der Waals surface area contributed by atoms with Gasteiger partial charge in [0.25, 0.3) is 0 Å². The van der Waals surface area contributed by atoms with Crippen LogP contribution in [0.3, 0.4) is 0 Å². The van der Waals surface area contributed by atoms with Crippen LogP contribution in [0.4, 0.5) is 0 Å². The van der Waals surface area contributed by atoms with Crippen LogP contribution in [0.25, 0.3) is 0 Å². The Labute approximate surface area is 84.2 Å². The molecular weight excluding hydrogens is 178 g/mol. The number of hydrogen-bond acceptors (Lipinski definition) is 3. The predicted octanol–water partition coefficient (Wildman–Crippen LogP) is 1.51. The lowest BCUT2D eigenvalue weighted by atomic mass is 9.98. The summed E-state index contributed by atoms with van der Waals surface area (Å²) in [6.07, 6.45) is -0.784. The van der Waals surface area contributed by atoms with E-state index >= 15 is 0 Å². The Kier molecular flexibility index (Phi) is 3.49. The molecule has 0 aromatic heterocycles. The maximum atomic E-state index is 9.53. The summed E-state index contributed by atoms with van der Waals surface area (Å²) in [6.45, 7) is 4.24. The van der Waals surface area contributed by atoms with Gasteiger partial charge in [-0.15, -0.1) is 0 Å². The Bertz CT molecular complexity index is 310. The maximum Gasteiger partial charge on any atom is 0.121 e. The fourth-order valence-corrected chi connectivity index (χ4v) is 1.33. The van der Waals surface area contributed by atoms with Crippen LogP contribution in [0.5, 0.6) is 5.75 Å². The number of nitrogens with two attached hydrogens (primary N) is 1. The third-order valence-corrected chi connectivity index (χ3v) is 2.30. The van der Waals surface area contributed by atoms with Crippen molar-refractivity contribution >= 4 is 0 Å². The minimum atomic E-state index is -0.784. The lowest BCUT2D eigenvalue weighted by Crippen LogP contribution is -2.12. The van der Waals surface area contributed by atoms with Gasteiger partial charge in [-0.3, -0.25) is 0 Å². The number of aliphatic hydroxyl groups excluding tert-OH is 1. The zero-order valence-corrected chi connectivity index (χ0v) is 8.57. The summed E-state index contributed by atoms with van der Waals surface area (Å²) in [5, 5.41) is 19.0. The topological polar surface area (TPSA) is 66.5 Å². The minimum Gasteiger partial charge on any atom is -0.508 e. The van der Waals surface area contributed by atoms with Gasteiger partial charge < -0.3 is 15.9 Å². The fourth-order valence-electron chi connectivity index (χ4n) is 1.33. The van der Waals surface area contributed by atoms with Crippen LogP contribution >= 0.6 is 0 Å². The summed E-state index contributed by atoms with van der Waals surface area (Å²) < 4.78 is 0. The molecule has 1 rings (SSSR count). The fraction of sp³-hybridized carbons (Fsp3) is 0.455. The van der Waals surface area contributed by atoms with Gasteiger partial charge in [-0.25, -0.2) is 0 Å². The van der Waals surface area contributed by atoms with Gasteiger partial charge in [0.05, 0.1) is 6.10 Å². The molecule has 1 unspecified atom stereocenters. The van der Waals surface area contributed by atoms with Crippen LogP contribution in [0, 0.1) is 0 Å². The van der Waals surface area contributed by atoms with Gasteiger partial charge in [-0.2, -0.15) is 0 Å². The highest BCUT2D eigenvalue weighted by molar-refractivity contribution is 5.38. The molecule has 1 atom stereocenters. The molecule has 1 aromatic carbocycles. The Morgan fingerprint density at radius 2 is 2.00 bits per heavy atom. The van der Waals surface area contributed by atoms with Gasteiger partial charge in [-0.05, 0) is 23.6 Å². The van der Waals surface area contributed by atoms with E-state index in [0.717, 1.165) is 5.56 Å². The minimum absolute atomic E-state index is 0.104. The van der Waals surface area contributed by atoms with E-state index < -0.39 is 6.10 Å². The molecule has 0 bridgehead atoms. The molecule has 0 saturated heterocycles. The molecule has 0 heterocycles. The Balaban J connectivity index is 3.08. The van der Waals surface area contributed by atoms with Gasteiger partial charge in [-0.1, -0.05) is 19.9 Å². The van der Waals surface area contributed by atoms with Crippen molar-refractivity contribution in [2.24, 2.45) is 5.73 Å². The van der Waals surface area contributed by atoms with E-state index in [0.29, 0.717) is 11.5 Å². The molecule has 3 heteroatoms. The van der Waals surface area contributed by atoms with Crippen molar-refractivity contribution in [3.8, 4) is 5.75 Å². The van der Waals surface area contributed by atoms with Crippen molar-refractivity contribution in [1.29, 1.82) is 0 Å². The van der Waals surface area contributed by atoms with Gasteiger partial charge in [0.2, 0.25) is 0 Å². The van der Waals surface area contributed by atoms with Crippen LogP contribution in [0.1, 0.15) is 37.0 Å². The van der Waals surface area contributed by atoms with Gasteiger partial charge in [0, 0.05) is 12.1 Å². The monoisotopic (exact) mass is 195 g/mol. The van der Waals surface area contributed by atoms with Crippen LogP contribution < -0.4 is 5.73 Å². The second-order valence-electron chi connectivity index (χ2n) is 3.72. The molecule has 1 aromatic rings. The summed E-state index contributed by atoms with van der Waals surface area (Å²) in [7, 11) is 0. The first kappa shape index (κ1) is 11.0. The Morgan fingerprint density at radius 1 is 1.36 bits per heavy atom. The van der Waals surface area contributed by atoms with E-state index in [1.807, 2.05) is 6.07 Å². The van der Waals surface area contributed by atoms with Crippen molar-refractivity contribution in [3.63, 3.8) is 0 Å². The van der Waals surface area contributed by atoms with Crippen molar-refractivity contribution in [1.82, 2.24) is 0 Å². The van der Waals surface area contributed by atoms with Gasteiger partial charge in [0.1, 0.15) is 5.75 Å². The van der Waals surface area contributed by atoms with E-state index in [4.69, 9.17) is 5.73 Å². The molecular formula is C11H17NO2. The van der Waals surface area contributed by atoms with E-state index in [1.165, 1.54) is 0 Å². The molecule has 0 fully saturated rings. The highest BCUT2D eigenvalue weighted by Gasteiger charge is 2.12. The second kappa shape index (κ2) is 4.44. The molecule has 0 amide bonds. The second-order valence-corrected chi connectivity index (χ2v) is 3.72. The lowest BCUT2D eigenvalue weighted by Gasteiger charge is -2.13. The molecule has 0 spiro atoms. The first-order valence-corrected chi connectivity index (χ1v) is 4.77. The lowest BCUT2D eigenvalue weighted by molar-refractivity contribution is 0.182. The summed E-state index contributed by atoms with van der Waals surface area (Å²) in [4.78, 5) is 0. The summed E-state index contributed by atoms with van der Waals surface area (Å²) in [5.41, 5.74) is 6.94. The number of rotatable bonds is 3. The van der Waals surface area contributed by atoms with E-state index in [9.17, 15) is 10.2 Å². The van der Waals surface area contributed by atoms with Crippen molar-refractivity contribution in [2.45, 2.75) is 25.9 Å². The van der Waals surface area contributed by atoms with E-state index in [-0.39, 0.29) is 12.3 Å². The zero-order chi connectivity index (χ0) is 10.7. The normalized spacial score (nSPS) is 13.2. The number of hydrogen-bond donors (Lipinski definition) is 3. The molecule has 4 N–H and O–H groups in total. The molecule has 0 aliphatic carbocycles. The van der Waals surface area contributed by atoms with E-state index in [1.54, 1.807) is 12.1 Å². The Morgan fingerprint density at radius 3 is 2.50 bits per heavy atom. The average Bonchev–Trinajstić information content (AvgIpc) is 2.17. The van der Waals surface area contributed by atoms with Gasteiger partial charge in [0.15, 0.2) is 0 Å². The van der Waals surface area contributed by atoms with Crippen molar-refractivity contribution in [3.05, 3.63) is 29.3 Å². The highest BCUT2D eigenvalue weighted by Crippen LogP contribution is 2.27. The first-order chi connectivity index (χ1) is 6.56. The van der Waals surface area contributed by atoms with Crippen molar-refractivity contribution < 1.29 is 10.2 Å². The quantitative estimate of drug-likeness (QED) is 0.684. The largest absolute Gasteiger partial charge is 0.508 e. The smallest absolute Gasteiger partial charge is 0.121 e. The molecule has 3 nitrogen and oxygen atoms in total. The predicted molar refractivity (Wildman–Crippen MR) is 56.2 cm³/mol. The molecule has 78 valence electrons. The third-order valence-electron chi connectivity index (χ3n) is 2.30. The number of aromatic hydroxyl groups is 1. The molecule has 0 radical (unpaired) electrons. The number of aliphatic hydroxyl groups is 1. The number of phenolic OH excluding ortho intramolecular Hbond substituents is 1. The standard InChI is InChI=1S/C11H17NO2/c1-7(2)8-3-4-10(13)9(5-8)11(14)6-12/h3-5,7,11,13-14H,6,12H2,1-2H3. The van der Waals surface area contributed by atoms with Crippen LogP contribution in [-0.2, 0) is 0 Å². The molecule has 0 saturated carbocycles. The summed E-state index contributed by atoms with van der Waals surface area (Å²) in [6, 6.07) is 5.26.